The van der Waals surface area contributed by atoms with Crippen LogP contribution >= 0.6 is 43.5 Å². The topological polar surface area (TPSA) is 9.23 Å². The van der Waals surface area contributed by atoms with Crippen LogP contribution in [0.4, 0.5) is 4.39 Å². The molecule has 2 aromatic carbocycles. The Hall–Kier alpha value is -0.580. The largest absolute Gasteiger partial charge is 0.496 e. The fraction of sp³-hybridized carbons (Fsp3) is 0.143. The number of hydrogen-bond donors (Lipinski definition) is 0. The van der Waals surface area contributed by atoms with Gasteiger partial charge >= 0.3 is 0 Å². The van der Waals surface area contributed by atoms with Crippen LogP contribution < -0.4 is 4.74 Å². The first kappa shape index (κ1) is 14.8. The van der Waals surface area contributed by atoms with E-state index in [1.54, 1.807) is 13.2 Å². The first-order valence-electron chi connectivity index (χ1n) is 5.45. The van der Waals surface area contributed by atoms with E-state index in [0.29, 0.717) is 10.6 Å². The molecule has 0 amide bonds. The molecule has 100 valence electrons. The van der Waals surface area contributed by atoms with Crippen molar-refractivity contribution in [2.45, 2.75) is 4.83 Å². The van der Waals surface area contributed by atoms with E-state index in [-0.39, 0.29) is 10.6 Å². The molecule has 5 heteroatoms. The first-order valence-corrected chi connectivity index (χ1v) is 7.54. The minimum Gasteiger partial charge on any atom is -0.496 e. The Labute approximate surface area is 133 Å². The number of halogens is 4. The molecule has 0 heterocycles. The van der Waals surface area contributed by atoms with E-state index in [0.717, 1.165) is 15.8 Å². The van der Waals surface area contributed by atoms with Crippen molar-refractivity contribution in [1.29, 1.82) is 0 Å². The van der Waals surface area contributed by atoms with Gasteiger partial charge in [-0.05, 0) is 51.8 Å². The summed E-state index contributed by atoms with van der Waals surface area (Å²) in [6, 6.07) is 10.1. The van der Waals surface area contributed by atoms with Gasteiger partial charge in [-0.25, -0.2) is 4.39 Å². The Morgan fingerprint density at radius 2 is 1.95 bits per heavy atom. The highest BCUT2D eigenvalue weighted by atomic mass is 79.9. The maximum absolute atomic E-state index is 13.8. The molecule has 0 fully saturated rings. The van der Waals surface area contributed by atoms with Gasteiger partial charge in [-0.3, -0.25) is 0 Å². The first-order chi connectivity index (χ1) is 9.02. The highest BCUT2D eigenvalue weighted by molar-refractivity contribution is 9.10. The third-order valence-corrected chi connectivity index (χ3v) is 4.58. The second-order valence-corrected chi connectivity index (χ2v) is 6.13. The number of alkyl halides is 1. The summed E-state index contributed by atoms with van der Waals surface area (Å²) in [4.78, 5) is -0.270. The molecule has 1 atom stereocenters. The standard InChI is InChI=1S/C14H10Br2ClFO/c1-19-13-5-2-8(6-11(13)15)14(16)10-7-9(17)3-4-12(10)18/h2-7,14H,1H3. The molecule has 0 radical (unpaired) electrons. The molecular formula is C14H10Br2ClFO. The zero-order valence-electron chi connectivity index (χ0n) is 9.96. The molecule has 0 aliphatic rings. The predicted molar refractivity (Wildman–Crippen MR) is 82.9 cm³/mol. The van der Waals surface area contributed by atoms with Gasteiger partial charge in [0.1, 0.15) is 11.6 Å². The summed E-state index contributed by atoms with van der Waals surface area (Å²) in [6.45, 7) is 0. The van der Waals surface area contributed by atoms with Gasteiger partial charge < -0.3 is 4.74 Å². The minimum absolute atomic E-state index is 0.270. The summed E-state index contributed by atoms with van der Waals surface area (Å²) in [7, 11) is 1.60. The van der Waals surface area contributed by atoms with E-state index >= 15 is 0 Å². The van der Waals surface area contributed by atoms with Gasteiger partial charge in [0.25, 0.3) is 0 Å². The lowest BCUT2D eigenvalue weighted by molar-refractivity contribution is 0.412. The fourth-order valence-corrected chi connectivity index (χ4v) is 3.10. The minimum atomic E-state index is -0.293. The summed E-state index contributed by atoms with van der Waals surface area (Å²) < 4.78 is 19.8. The van der Waals surface area contributed by atoms with Gasteiger partial charge in [0.15, 0.2) is 0 Å². The summed E-state index contributed by atoms with van der Waals surface area (Å²) in [5.74, 6) is 0.438. The van der Waals surface area contributed by atoms with Crippen molar-refractivity contribution < 1.29 is 9.13 Å². The van der Waals surface area contributed by atoms with E-state index < -0.39 is 0 Å². The molecule has 0 aromatic heterocycles. The number of rotatable bonds is 3. The lowest BCUT2D eigenvalue weighted by Gasteiger charge is -2.14. The second-order valence-electron chi connectivity index (χ2n) is 3.92. The smallest absolute Gasteiger partial charge is 0.133 e. The SMILES string of the molecule is COc1ccc(C(Br)c2cc(Cl)ccc2F)cc1Br. The van der Waals surface area contributed by atoms with Crippen LogP contribution in [0.2, 0.25) is 5.02 Å². The summed E-state index contributed by atoms with van der Waals surface area (Å²) >= 11 is 12.8. The molecule has 0 bridgehead atoms. The summed E-state index contributed by atoms with van der Waals surface area (Å²) in [5, 5.41) is 0.508. The summed E-state index contributed by atoms with van der Waals surface area (Å²) in [6.07, 6.45) is 0. The highest BCUT2D eigenvalue weighted by Gasteiger charge is 2.16. The maximum atomic E-state index is 13.8. The van der Waals surface area contributed by atoms with E-state index in [1.807, 2.05) is 18.2 Å². The molecule has 0 aliphatic carbocycles. The van der Waals surface area contributed by atoms with Crippen molar-refractivity contribution in [1.82, 2.24) is 0 Å². The Morgan fingerprint density at radius 3 is 2.58 bits per heavy atom. The van der Waals surface area contributed by atoms with Gasteiger partial charge in [0.2, 0.25) is 0 Å². The zero-order chi connectivity index (χ0) is 14.0. The van der Waals surface area contributed by atoms with Crippen molar-refractivity contribution in [3.63, 3.8) is 0 Å². The van der Waals surface area contributed by atoms with Crippen LogP contribution in [0.5, 0.6) is 5.75 Å². The second kappa shape index (κ2) is 6.25. The Balaban J connectivity index is 2.41. The van der Waals surface area contributed by atoms with E-state index in [1.165, 1.54) is 12.1 Å². The molecule has 0 aliphatic heterocycles. The predicted octanol–water partition coefficient (Wildman–Crippen LogP) is 5.73. The molecule has 1 unspecified atom stereocenters. The molecule has 19 heavy (non-hydrogen) atoms. The molecule has 0 spiro atoms. The van der Waals surface area contributed by atoms with Gasteiger partial charge in [-0.2, -0.15) is 0 Å². The average Bonchev–Trinajstić information content (AvgIpc) is 2.40. The van der Waals surface area contributed by atoms with Crippen LogP contribution in [0, 0.1) is 5.82 Å². The normalized spacial score (nSPS) is 12.3. The van der Waals surface area contributed by atoms with Crippen molar-refractivity contribution >= 4 is 43.5 Å². The summed E-state index contributed by atoms with van der Waals surface area (Å²) in [5.41, 5.74) is 1.42. The number of benzene rings is 2. The third kappa shape index (κ3) is 3.30. The third-order valence-electron chi connectivity index (χ3n) is 2.70. The molecule has 2 aromatic rings. The zero-order valence-corrected chi connectivity index (χ0v) is 13.9. The van der Waals surface area contributed by atoms with Gasteiger partial charge in [0, 0.05) is 10.6 Å². The molecule has 0 saturated heterocycles. The van der Waals surface area contributed by atoms with E-state index in [4.69, 9.17) is 16.3 Å². The van der Waals surface area contributed by atoms with Crippen molar-refractivity contribution in [3.05, 3.63) is 62.8 Å². The quantitative estimate of drug-likeness (QED) is 0.589. The van der Waals surface area contributed by atoms with E-state index in [2.05, 4.69) is 31.9 Å². The molecular weight excluding hydrogens is 398 g/mol. The van der Waals surface area contributed by atoms with E-state index in [9.17, 15) is 4.39 Å². The van der Waals surface area contributed by atoms with Crippen molar-refractivity contribution in [2.24, 2.45) is 0 Å². The van der Waals surface area contributed by atoms with Crippen LogP contribution in [-0.4, -0.2) is 7.11 Å². The van der Waals surface area contributed by atoms with Crippen LogP contribution in [0.3, 0.4) is 0 Å². The van der Waals surface area contributed by atoms with Crippen molar-refractivity contribution in [2.75, 3.05) is 7.11 Å². The maximum Gasteiger partial charge on any atom is 0.133 e. The highest BCUT2D eigenvalue weighted by Crippen LogP contribution is 2.37. The number of ether oxygens (including phenoxy) is 1. The van der Waals surface area contributed by atoms with Gasteiger partial charge in [0.05, 0.1) is 16.4 Å². The molecule has 0 N–H and O–H groups in total. The fourth-order valence-electron chi connectivity index (χ4n) is 1.73. The number of hydrogen-bond acceptors (Lipinski definition) is 1. The Morgan fingerprint density at radius 1 is 1.21 bits per heavy atom. The van der Waals surface area contributed by atoms with Crippen molar-refractivity contribution in [3.8, 4) is 5.75 Å². The van der Waals surface area contributed by atoms with Crippen LogP contribution in [-0.2, 0) is 0 Å². The Bertz CT molecular complexity index is 604. The monoisotopic (exact) mass is 406 g/mol. The number of methoxy groups -OCH3 is 1. The average molecular weight is 408 g/mol. The molecule has 1 nitrogen and oxygen atoms in total. The van der Waals surface area contributed by atoms with Gasteiger partial charge in [-0.1, -0.05) is 33.6 Å². The van der Waals surface area contributed by atoms with Gasteiger partial charge in [-0.15, -0.1) is 0 Å². The molecule has 2 rings (SSSR count). The van der Waals surface area contributed by atoms with Crippen LogP contribution in [0.25, 0.3) is 0 Å². The van der Waals surface area contributed by atoms with Crippen LogP contribution in [0.15, 0.2) is 40.9 Å². The Kier molecular flexibility index (Phi) is 4.87. The lowest BCUT2D eigenvalue weighted by atomic mass is 10.0. The van der Waals surface area contributed by atoms with Crippen LogP contribution in [0.1, 0.15) is 16.0 Å². The molecule has 0 saturated carbocycles. The lowest BCUT2D eigenvalue weighted by Crippen LogP contribution is -1.97.